The van der Waals surface area contributed by atoms with E-state index in [0.717, 1.165) is 38.5 Å². The molecule has 1 rings (SSSR count). The highest BCUT2D eigenvalue weighted by Crippen LogP contribution is 2.28. The first-order valence-corrected chi connectivity index (χ1v) is 5.59. The van der Waals surface area contributed by atoms with Crippen LogP contribution in [0.15, 0.2) is 12.7 Å². The Morgan fingerprint density at radius 2 is 2.36 bits per heavy atom. The Hall–Kier alpha value is -0.790. The van der Waals surface area contributed by atoms with Gasteiger partial charge in [-0.25, -0.2) is 0 Å². The van der Waals surface area contributed by atoms with E-state index in [1.807, 2.05) is 6.08 Å². The van der Waals surface area contributed by atoms with Crippen molar-refractivity contribution < 1.29 is 9.53 Å². The third-order valence-electron chi connectivity index (χ3n) is 2.76. The van der Waals surface area contributed by atoms with Crippen LogP contribution in [0.2, 0.25) is 0 Å². The van der Waals surface area contributed by atoms with Crippen molar-refractivity contribution in [2.24, 2.45) is 5.92 Å². The van der Waals surface area contributed by atoms with Gasteiger partial charge in [-0.2, -0.15) is 0 Å². The number of ether oxygens (including phenoxy) is 1. The Balaban J connectivity index is 2.27. The summed E-state index contributed by atoms with van der Waals surface area (Å²) in [5.74, 6) is 0.192. The molecular weight excluding hydrogens is 176 g/mol. The van der Waals surface area contributed by atoms with Crippen LogP contribution in [-0.2, 0) is 9.53 Å². The Kier molecular flexibility index (Phi) is 4.71. The average molecular weight is 196 g/mol. The summed E-state index contributed by atoms with van der Waals surface area (Å²) in [6, 6.07) is 0. The SMILES string of the molecule is C=CCCC1CC(CCCC)C(=O)O1. The lowest BCUT2D eigenvalue weighted by atomic mass is 9.97. The van der Waals surface area contributed by atoms with Crippen molar-refractivity contribution in [2.75, 3.05) is 0 Å². The number of allylic oxidation sites excluding steroid dienone is 1. The quantitative estimate of drug-likeness (QED) is 0.482. The van der Waals surface area contributed by atoms with E-state index in [2.05, 4.69) is 13.5 Å². The Bertz CT molecular complexity index is 198. The molecule has 0 aromatic heterocycles. The molecule has 0 aliphatic carbocycles. The van der Waals surface area contributed by atoms with E-state index in [1.165, 1.54) is 0 Å². The minimum atomic E-state index is 0.0208. The smallest absolute Gasteiger partial charge is 0.309 e. The molecule has 2 unspecified atom stereocenters. The van der Waals surface area contributed by atoms with Crippen molar-refractivity contribution in [1.82, 2.24) is 0 Å². The number of hydrogen-bond acceptors (Lipinski definition) is 2. The van der Waals surface area contributed by atoms with Crippen molar-refractivity contribution in [3.05, 3.63) is 12.7 Å². The molecule has 0 N–H and O–H groups in total. The van der Waals surface area contributed by atoms with Gasteiger partial charge in [0.2, 0.25) is 0 Å². The van der Waals surface area contributed by atoms with Gasteiger partial charge in [0.1, 0.15) is 6.10 Å². The van der Waals surface area contributed by atoms with Crippen LogP contribution < -0.4 is 0 Å². The first-order chi connectivity index (χ1) is 6.77. The summed E-state index contributed by atoms with van der Waals surface area (Å²) >= 11 is 0. The molecule has 0 radical (unpaired) electrons. The Morgan fingerprint density at radius 1 is 1.57 bits per heavy atom. The summed E-state index contributed by atoms with van der Waals surface area (Å²) in [7, 11) is 0. The molecule has 0 aromatic carbocycles. The van der Waals surface area contributed by atoms with E-state index < -0.39 is 0 Å². The van der Waals surface area contributed by atoms with Gasteiger partial charge in [0.05, 0.1) is 5.92 Å². The number of unbranched alkanes of at least 4 members (excludes halogenated alkanes) is 1. The summed E-state index contributed by atoms with van der Waals surface area (Å²) in [6.45, 7) is 5.82. The van der Waals surface area contributed by atoms with Gasteiger partial charge in [0, 0.05) is 0 Å². The van der Waals surface area contributed by atoms with E-state index >= 15 is 0 Å². The molecule has 0 saturated carbocycles. The largest absolute Gasteiger partial charge is 0.462 e. The highest BCUT2D eigenvalue weighted by Gasteiger charge is 2.32. The van der Waals surface area contributed by atoms with Crippen LogP contribution in [-0.4, -0.2) is 12.1 Å². The number of hydrogen-bond donors (Lipinski definition) is 0. The van der Waals surface area contributed by atoms with Gasteiger partial charge in [-0.1, -0.05) is 25.8 Å². The molecule has 0 bridgehead atoms. The summed E-state index contributed by atoms with van der Waals surface area (Å²) in [6.07, 6.45) is 8.13. The summed E-state index contributed by atoms with van der Waals surface area (Å²) in [5.41, 5.74) is 0. The normalized spacial score (nSPS) is 26.2. The Morgan fingerprint density at radius 3 is 3.00 bits per heavy atom. The molecule has 1 saturated heterocycles. The highest BCUT2D eigenvalue weighted by atomic mass is 16.5. The fourth-order valence-corrected chi connectivity index (χ4v) is 1.89. The zero-order chi connectivity index (χ0) is 10.4. The number of cyclic esters (lactones) is 1. The number of esters is 1. The molecule has 1 aliphatic rings. The third kappa shape index (κ3) is 3.17. The van der Waals surface area contributed by atoms with Crippen molar-refractivity contribution in [2.45, 2.75) is 51.6 Å². The first-order valence-electron chi connectivity index (χ1n) is 5.59. The second-order valence-corrected chi connectivity index (χ2v) is 4.00. The molecule has 2 atom stereocenters. The molecule has 1 heterocycles. The standard InChI is InChI=1S/C12H20O2/c1-3-5-7-10-9-11(8-6-4-2)14-12(10)13/h4,10-11H,2-3,5-9H2,1H3. The summed E-state index contributed by atoms with van der Waals surface area (Å²) < 4.78 is 5.29. The van der Waals surface area contributed by atoms with Crippen LogP contribution in [0.3, 0.4) is 0 Å². The molecule has 2 nitrogen and oxygen atoms in total. The van der Waals surface area contributed by atoms with E-state index in [9.17, 15) is 4.79 Å². The highest BCUT2D eigenvalue weighted by molar-refractivity contribution is 5.74. The molecule has 1 fully saturated rings. The van der Waals surface area contributed by atoms with Gasteiger partial charge in [0.15, 0.2) is 0 Å². The minimum Gasteiger partial charge on any atom is -0.462 e. The predicted molar refractivity (Wildman–Crippen MR) is 56.9 cm³/mol. The monoisotopic (exact) mass is 196 g/mol. The van der Waals surface area contributed by atoms with Crippen LogP contribution in [0.1, 0.15) is 45.4 Å². The first kappa shape index (κ1) is 11.3. The molecule has 14 heavy (non-hydrogen) atoms. The third-order valence-corrected chi connectivity index (χ3v) is 2.76. The summed E-state index contributed by atoms with van der Waals surface area (Å²) in [4.78, 5) is 11.4. The minimum absolute atomic E-state index is 0.0208. The molecule has 1 aliphatic heterocycles. The lowest BCUT2D eigenvalue weighted by molar-refractivity contribution is -0.144. The van der Waals surface area contributed by atoms with Gasteiger partial charge in [0.25, 0.3) is 0 Å². The number of carbonyl (C=O) groups is 1. The van der Waals surface area contributed by atoms with Crippen LogP contribution in [0, 0.1) is 5.92 Å². The number of rotatable bonds is 6. The second-order valence-electron chi connectivity index (χ2n) is 4.00. The van der Waals surface area contributed by atoms with Gasteiger partial charge in [-0.05, 0) is 25.7 Å². The van der Waals surface area contributed by atoms with Crippen LogP contribution in [0.5, 0.6) is 0 Å². The lowest BCUT2D eigenvalue weighted by Gasteiger charge is -2.05. The molecule has 0 spiro atoms. The van der Waals surface area contributed by atoms with Crippen molar-refractivity contribution in [3.63, 3.8) is 0 Å². The predicted octanol–water partition coefficient (Wildman–Crippen LogP) is 3.07. The maximum absolute atomic E-state index is 11.4. The van der Waals surface area contributed by atoms with E-state index in [4.69, 9.17) is 4.74 Å². The summed E-state index contributed by atoms with van der Waals surface area (Å²) in [5, 5.41) is 0. The van der Waals surface area contributed by atoms with Crippen molar-refractivity contribution >= 4 is 5.97 Å². The fourth-order valence-electron chi connectivity index (χ4n) is 1.89. The van der Waals surface area contributed by atoms with E-state index in [0.29, 0.717) is 0 Å². The topological polar surface area (TPSA) is 26.3 Å². The van der Waals surface area contributed by atoms with Gasteiger partial charge < -0.3 is 4.74 Å². The molecule has 0 aromatic rings. The van der Waals surface area contributed by atoms with Crippen molar-refractivity contribution in [1.29, 1.82) is 0 Å². The van der Waals surface area contributed by atoms with E-state index in [-0.39, 0.29) is 18.0 Å². The second kappa shape index (κ2) is 5.84. The Labute approximate surface area is 86.3 Å². The van der Waals surface area contributed by atoms with Crippen LogP contribution in [0.4, 0.5) is 0 Å². The van der Waals surface area contributed by atoms with Gasteiger partial charge in [-0.3, -0.25) is 4.79 Å². The van der Waals surface area contributed by atoms with E-state index in [1.54, 1.807) is 0 Å². The lowest BCUT2D eigenvalue weighted by Crippen LogP contribution is -2.07. The zero-order valence-electron chi connectivity index (χ0n) is 9.00. The molecular formula is C12H20O2. The van der Waals surface area contributed by atoms with Crippen molar-refractivity contribution in [3.8, 4) is 0 Å². The van der Waals surface area contributed by atoms with Crippen LogP contribution >= 0.6 is 0 Å². The van der Waals surface area contributed by atoms with Gasteiger partial charge in [-0.15, -0.1) is 6.58 Å². The zero-order valence-corrected chi connectivity index (χ0v) is 9.00. The average Bonchev–Trinajstić information content (AvgIpc) is 2.53. The molecule has 0 amide bonds. The number of carbonyl (C=O) groups excluding carboxylic acids is 1. The maximum atomic E-state index is 11.4. The maximum Gasteiger partial charge on any atom is 0.309 e. The fraction of sp³-hybridized carbons (Fsp3) is 0.750. The molecule has 2 heteroatoms. The van der Waals surface area contributed by atoms with Gasteiger partial charge >= 0.3 is 5.97 Å². The molecule has 80 valence electrons. The van der Waals surface area contributed by atoms with Crippen LogP contribution in [0.25, 0.3) is 0 Å².